The number of carbonyl (C=O) groups is 1. The molecule has 1 amide bonds. The number of amides is 1. The Hall–Kier alpha value is -2.42. The quantitative estimate of drug-likeness (QED) is 0.903. The summed E-state index contributed by atoms with van der Waals surface area (Å²) >= 11 is 0. The van der Waals surface area contributed by atoms with Crippen molar-refractivity contribution < 1.29 is 4.79 Å². The van der Waals surface area contributed by atoms with Crippen LogP contribution in [-0.4, -0.2) is 17.8 Å². The fourth-order valence-corrected chi connectivity index (χ4v) is 4.80. The van der Waals surface area contributed by atoms with E-state index >= 15 is 0 Å². The standard InChI is InChI=1S/C21H20N2O/c24-21-18-16-10-11-17(12-16)19(18)22-20(23-21)15-8-6-14(7-9-15)13-4-2-1-3-5-13/h1-9,16-19H,10-12H2,(H,22,23,24). The molecule has 120 valence electrons. The van der Waals surface area contributed by atoms with E-state index in [-0.39, 0.29) is 17.9 Å². The molecule has 0 radical (unpaired) electrons. The van der Waals surface area contributed by atoms with Crippen LogP contribution in [0.25, 0.3) is 11.1 Å². The van der Waals surface area contributed by atoms with Gasteiger partial charge in [0.1, 0.15) is 5.84 Å². The highest BCUT2D eigenvalue weighted by Crippen LogP contribution is 2.51. The van der Waals surface area contributed by atoms with E-state index in [0.29, 0.717) is 11.8 Å². The summed E-state index contributed by atoms with van der Waals surface area (Å²) in [6.45, 7) is 0. The molecule has 2 aliphatic carbocycles. The van der Waals surface area contributed by atoms with Gasteiger partial charge in [0.25, 0.3) is 0 Å². The van der Waals surface area contributed by atoms with E-state index in [1.807, 2.05) is 18.2 Å². The highest BCUT2D eigenvalue weighted by atomic mass is 16.2. The van der Waals surface area contributed by atoms with E-state index in [4.69, 9.17) is 4.99 Å². The van der Waals surface area contributed by atoms with Crippen molar-refractivity contribution in [2.75, 3.05) is 0 Å². The largest absolute Gasteiger partial charge is 0.310 e. The van der Waals surface area contributed by atoms with Gasteiger partial charge in [-0.1, -0.05) is 54.6 Å². The Morgan fingerprint density at radius 2 is 1.50 bits per heavy atom. The van der Waals surface area contributed by atoms with Gasteiger partial charge in [0.15, 0.2) is 0 Å². The molecule has 0 aromatic heterocycles. The van der Waals surface area contributed by atoms with Crippen LogP contribution < -0.4 is 5.32 Å². The van der Waals surface area contributed by atoms with Crippen molar-refractivity contribution in [3.8, 4) is 11.1 Å². The molecule has 4 atom stereocenters. The molecule has 1 aliphatic heterocycles. The van der Waals surface area contributed by atoms with Crippen molar-refractivity contribution >= 4 is 11.7 Å². The number of nitrogens with zero attached hydrogens (tertiary/aromatic N) is 1. The van der Waals surface area contributed by atoms with Crippen LogP contribution in [0.1, 0.15) is 24.8 Å². The van der Waals surface area contributed by atoms with Gasteiger partial charge in [0, 0.05) is 5.56 Å². The average molecular weight is 316 g/mol. The topological polar surface area (TPSA) is 41.5 Å². The van der Waals surface area contributed by atoms with E-state index in [9.17, 15) is 4.79 Å². The molecule has 0 spiro atoms. The molecule has 3 heteroatoms. The van der Waals surface area contributed by atoms with E-state index in [2.05, 4.69) is 41.7 Å². The minimum atomic E-state index is 0.121. The predicted molar refractivity (Wildman–Crippen MR) is 94.7 cm³/mol. The van der Waals surface area contributed by atoms with Crippen LogP contribution in [0.5, 0.6) is 0 Å². The average Bonchev–Trinajstić information content (AvgIpc) is 3.25. The molecular formula is C21H20N2O. The number of aliphatic imine (C=N–C) groups is 1. The number of benzene rings is 2. The lowest BCUT2D eigenvalue weighted by atomic mass is 9.83. The van der Waals surface area contributed by atoms with Crippen LogP contribution in [0.2, 0.25) is 0 Å². The number of hydrogen-bond donors (Lipinski definition) is 1. The zero-order valence-corrected chi connectivity index (χ0v) is 13.5. The number of amidine groups is 1. The zero-order chi connectivity index (χ0) is 16.1. The molecule has 0 saturated heterocycles. The van der Waals surface area contributed by atoms with Crippen molar-refractivity contribution in [3.63, 3.8) is 0 Å². The predicted octanol–water partition coefficient (Wildman–Crippen LogP) is 3.64. The van der Waals surface area contributed by atoms with Gasteiger partial charge in [-0.25, -0.2) is 0 Å². The highest BCUT2D eigenvalue weighted by Gasteiger charge is 2.52. The van der Waals surface area contributed by atoms with E-state index in [1.165, 1.54) is 30.4 Å². The summed E-state index contributed by atoms with van der Waals surface area (Å²) in [5, 5.41) is 3.06. The fraction of sp³-hybridized carbons (Fsp3) is 0.333. The Morgan fingerprint density at radius 1 is 0.833 bits per heavy atom. The van der Waals surface area contributed by atoms with E-state index in [1.54, 1.807) is 0 Å². The molecule has 3 aliphatic rings. The summed E-state index contributed by atoms with van der Waals surface area (Å²) in [5.41, 5.74) is 3.39. The van der Waals surface area contributed by atoms with Crippen molar-refractivity contribution in [1.82, 2.24) is 5.32 Å². The third-order valence-electron chi connectivity index (χ3n) is 5.96. The summed E-state index contributed by atoms with van der Waals surface area (Å²) < 4.78 is 0. The Bertz CT molecular complexity index is 809. The highest BCUT2D eigenvalue weighted by molar-refractivity contribution is 6.10. The second-order valence-electron chi connectivity index (χ2n) is 7.26. The number of nitrogens with one attached hydrogen (secondary N) is 1. The van der Waals surface area contributed by atoms with Crippen molar-refractivity contribution in [2.45, 2.75) is 25.3 Å². The van der Waals surface area contributed by atoms with Gasteiger partial charge < -0.3 is 5.32 Å². The van der Waals surface area contributed by atoms with Gasteiger partial charge >= 0.3 is 0 Å². The minimum absolute atomic E-state index is 0.121. The molecule has 2 fully saturated rings. The molecule has 1 N–H and O–H groups in total. The lowest BCUT2D eigenvalue weighted by Crippen LogP contribution is -2.48. The molecule has 1 heterocycles. The van der Waals surface area contributed by atoms with Gasteiger partial charge in [0.05, 0.1) is 12.0 Å². The molecule has 2 bridgehead atoms. The van der Waals surface area contributed by atoms with Crippen LogP contribution in [0, 0.1) is 17.8 Å². The third-order valence-corrected chi connectivity index (χ3v) is 5.96. The fourth-order valence-electron chi connectivity index (χ4n) is 4.80. The first-order chi connectivity index (χ1) is 11.8. The van der Waals surface area contributed by atoms with Crippen molar-refractivity contribution in [1.29, 1.82) is 0 Å². The first-order valence-electron chi connectivity index (χ1n) is 8.84. The molecule has 2 aromatic rings. The van der Waals surface area contributed by atoms with Gasteiger partial charge in [0.2, 0.25) is 5.91 Å². The second kappa shape index (κ2) is 5.30. The maximum Gasteiger partial charge on any atom is 0.231 e. The van der Waals surface area contributed by atoms with Crippen LogP contribution in [0.15, 0.2) is 59.6 Å². The molecule has 3 nitrogen and oxygen atoms in total. The lowest BCUT2D eigenvalue weighted by Gasteiger charge is -2.32. The smallest absolute Gasteiger partial charge is 0.231 e. The summed E-state index contributed by atoms with van der Waals surface area (Å²) in [6, 6.07) is 18.9. The number of hydrogen-bond acceptors (Lipinski definition) is 2. The van der Waals surface area contributed by atoms with Crippen molar-refractivity contribution in [3.05, 3.63) is 60.2 Å². The third kappa shape index (κ3) is 2.11. The monoisotopic (exact) mass is 316 g/mol. The van der Waals surface area contributed by atoms with Gasteiger partial charge in [-0.2, -0.15) is 0 Å². The number of carbonyl (C=O) groups excluding carboxylic acids is 1. The van der Waals surface area contributed by atoms with Gasteiger partial charge in [-0.15, -0.1) is 0 Å². The van der Waals surface area contributed by atoms with E-state index < -0.39 is 0 Å². The first-order valence-corrected chi connectivity index (χ1v) is 8.84. The number of fused-ring (bicyclic) bond motifs is 5. The van der Waals surface area contributed by atoms with Crippen LogP contribution in [-0.2, 0) is 4.79 Å². The summed E-state index contributed by atoms with van der Waals surface area (Å²) in [7, 11) is 0. The maximum atomic E-state index is 12.5. The molecule has 2 saturated carbocycles. The Kier molecular flexibility index (Phi) is 3.09. The Labute approximate surface area is 141 Å². The normalized spacial score (nSPS) is 30.7. The summed E-state index contributed by atoms with van der Waals surface area (Å²) in [5.74, 6) is 2.24. The summed E-state index contributed by atoms with van der Waals surface area (Å²) in [4.78, 5) is 17.5. The minimum Gasteiger partial charge on any atom is -0.310 e. The van der Waals surface area contributed by atoms with E-state index in [0.717, 1.165) is 11.4 Å². The first kappa shape index (κ1) is 14.0. The number of rotatable bonds is 2. The maximum absolute atomic E-state index is 12.5. The molecular weight excluding hydrogens is 296 g/mol. The molecule has 2 aromatic carbocycles. The van der Waals surface area contributed by atoms with Gasteiger partial charge in [-0.3, -0.25) is 9.79 Å². The summed E-state index contributed by atoms with van der Waals surface area (Å²) in [6.07, 6.45) is 3.63. The van der Waals surface area contributed by atoms with Crippen LogP contribution in [0.3, 0.4) is 0 Å². The second-order valence-corrected chi connectivity index (χ2v) is 7.26. The Morgan fingerprint density at radius 3 is 2.29 bits per heavy atom. The van der Waals surface area contributed by atoms with Crippen molar-refractivity contribution in [2.24, 2.45) is 22.7 Å². The molecule has 5 rings (SSSR count). The van der Waals surface area contributed by atoms with Crippen LogP contribution >= 0.6 is 0 Å². The molecule has 4 unspecified atom stereocenters. The van der Waals surface area contributed by atoms with Gasteiger partial charge in [-0.05, 0) is 42.2 Å². The molecule has 24 heavy (non-hydrogen) atoms. The Balaban J connectivity index is 1.45. The van der Waals surface area contributed by atoms with Crippen LogP contribution in [0.4, 0.5) is 0 Å². The SMILES string of the molecule is O=C1NC(c2ccc(-c3ccccc3)cc2)=NC2C3CCC(C3)C12. The zero-order valence-electron chi connectivity index (χ0n) is 13.5. The lowest BCUT2D eigenvalue weighted by molar-refractivity contribution is -0.126.